The number of amides is 1. The van der Waals surface area contributed by atoms with E-state index in [9.17, 15) is 4.79 Å². The number of hydrogen-bond donors (Lipinski definition) is 1. The Kier molecular flexibility index (Phi) is 5.76. The van der Waals surface area contributed by atoms with Crippen molar-refractivity contribution in [2.75, 3.05) is 13.2 Å². The van der Waals surface area contributed by atoms with Crippen molar-refractivity contribution in [3.05, 3.63) is 0 Å². The maximum absolute atomic E-state index is 11.8. The third kappa shape index (κ3) is 4.06. The Bertz CT molecular complexity index is 227. The number of nitrogens with one attached hydrogen (secondary N) is 1. The van der Waals surface area contributed by atoms with Crippen LogP contribution in [0.3, 0.4) is 0 Å². The summed E-state index contributed by atoms with van der Waals surface area (Å²) >= 11 is 3.42. The van der Waals surface area contributed by atoms with Gasteiger partial charge in [0.05, 0.1) is 4.83 Å². The molecule has 2 unspecified atom stereocenters. The molecule has 0 bridgehead atoms. The minimum absolute atomic E-state index is 0.0882. The largest absolute Gasteiger partial charge is 0.381 e. The molecule has 0 radical (unpaired) electrons. The van der Waals surface area contributed by atoms with Crippen LogP contribution >= 0.6 is 15.9 Å². The van der Waals surface area contributed by atoms with Crippen LogP contribution in [0.4, 0.5) is 0 Å². The molecular formula is C12H22BrNO2. The normalized spacial score (nSPS) is 21.8. The van der Waals surface area contributed by atoms with Crippen LogP contribution in [0.5, 0.6) is 0 Å². The van der Waals surface area contributed by atoms with E-state index in [1.165, 1.54) is 0 Å². The van der Waals surface area contributed by atoms with E-state index in [-0.39, 0.29) is 16.8 Å². The fourth-order valence-corrected chi connectivity index (χ4v) is 2.07. The van der Waals surface area contributed by atoms with Crippen LogP contribution in [-0.4, -0.2) is 30.0 Å². The minimum atomic E-state index is -0.0882. The Morgan fingerprint density at radius 3 is 2.38 bits per heavy atom. The first-order valence-electron chi connectivity index (χ1n) is 6.04. The predicted octanol–water partition coefficient (Wildman–Crippen LogP) is 2.34. The Hall–Kier alpha value is -0.0900. The summed E-state index contributed by atoms with van der Waals surface area (Å²) in [6, 6.07) is 0.246. The molecule has 0 aromatic rings. The van der Waals surface area contributed by atoms with Crippen LogP contribution in [0, 0.1) is 11.8 Å². The van der Waals surface area contributed by atoms with E-state index in [1.807, 2.05) is 13.8 Å². The molecule has 1 rings (SSSR count). The van der Waals surface area contributed by atoms with Gasteiger partial charge in [-0.3, -0.25) is 4.79 Å². The molecule has 1 aliphatic heterocycles. The van der Waals surface area contributed by atoms with Crippen molar-refractivity contribution in [2.24, 2.45) is 11.8 Å². The first-order chi connectivity index (χ1) is 7.52. The molecule has 0 aromatic carbocycles. The summed E-state index contributed by atoms with van der Waals surface area (Å²) < 4.78 is 5.32. The van der Waals surface area contributed by atoms with Gasteiger partial charge >= 0.3 is 0 Å². The third-order valence-electron chi connectivity index (χ3n) is 3.18. The van der Waals surface area contributed by atoms with Crippen molar-refractivity contribution >= 4 is 21.8 Å². The lowest BCUT2D eigenvalue weighted by molar-refractivity contribution is -0.122. The van der Waals surface area contributed by atoms with Crippen molar-refractivity contribution in [1.82, 2.24) is 5.32 Å². The van der Waals surface area contributed by atoms with E-state index < -0.39 is 0 Å². The van der Waals surface area contributed by atoms with Crippen molar-refractivity contribution in [1.29, 1.82) is 0 Å². The lowest BCUT2D eigenvalue weighted by Crippen LogP contribution is -2.44. The average Bonchev–Trinajstić information content (AvgIpc) is 2.28. The summed E-state index contributed by atoms with van der Waals surface area (Å²) in [7, 11) is 0. The summed E-state index contributed by atoms with van der Waals surface area (Å²) in [5.74, 6) is 0.987. The summed E-state index contributed by atoms with van der Waals surface area (Å²) in [5, 5.41) is 3.09. The summed E-state index contributed by atoms with van der Waals surface area (Å²) in [6.07, 6.45) is 2.10. The van der Waals surface area contributed by atoms with Crippen LogP contribution in [0.15, 0.2) is 0 Å². The standard InChI is InChI=1S/C12H22BrNO2/c1-8(2)11(13)12(15)14-9(3)10-4-6-16-7-5-10/h8-11H,4-7H2,1-3H3,(H,14,15). The van der Waals surface area contributed by atoms with Gasteiger partial charge in [-0.25, -0.2) is 0 Å². The van der Waals surface area contributed by atoms with E-state index in [0.717, 1.165) is 26.1 Å². The second-order valence-corrected chi connectivity index (χ2v) is 5.88. The third-order valence-corrected chi connectivity index (χ3v) is 4.65. The van der Waals surface area contributed by atoms with Gasteiger partial charge in [-0.2, -0.15) is 0 Å². The highest BCUT2D eigenvalue weighted by Crippen LogP contribution is 2.19. The summed E-state index contributed by atoms with van der Waals surface area (Å²) in [4.78, 5) is 11.8. The van der Waals surface area contributed by atoms with Gasteiger partial charge in [0.25, 0.3) is 0 Å². The van der Waals surface area contributed by atoms with Gasteiger partial charge in [0.2, 0.25) is 5.91 Å². The number of ether oxygens (including phenoxy) is 1. The van der Waals surface area contributed by atoms with Gasteiger partial charge in [-0.15, -0.1) is 0 Å². The lowest BCUT2D eigenvalue weighted by atomic mass is 9.92. The molecule has 4 heteroatoms. The van der Waals surface area contributed by atoms with Gasteiger partial charge in [-0.1, -0.05) is 29.8 Å². The topological polar surface area (TPSA) is 38.3 Å². The quantitative estimate of drug-likeness (QED) is 0.808. The first kappa shape index (κ1) is 14.0. The number of halogens is 1. The molecule has 94 valence electrons. The zero-order valence-corrected chi connectivity index (χ0v) is 11.9. The van der Waals surface area contributed by atoms with Crippen molar-refractivity contribution < 1.29 is 9.53 Å². The van der Waals surface area contributed by atoms with E-state index >= 15 is 0 Å². The zero-order chi connectivity index (χ0) is 12.1. The molecule has 3 nitrogen and oxygen atoms in total. The van der Waals surface area contributed by atoms with Gasteiger partial charge in [0.15, 0.2) is 0 Å². The van der Waals surface area contributed by atoms with E-state index in [1.54, 1.807) is 0 Å². The molecule has 1 saturated heterocycles. The predicted molar refractivity (Wildman–Crippen MR) is 68.7 cm³/mol. The minimum Gasteiger partial charge on any atom is -0.381 e. The molecule has 1 aliphatic rings. The maximum Gasteiger partial charge on any atom is 0.234 e. The average molecular weight is 292 g/mol. The maximum atomic E-state index is 11.8. The van der Waals surface area contributed by atoms with Gasteiger partial charge in [-0.05, 0) is 31.6 Å². The van der Waals surface area contributed by atoms with Gasteiger partial charge in [0.1, 0.15) is 0 Å². The number of alkyl halides is 1. The van der Waals surface area contributed by atoms with Crippen molar-refractivity contribution in [2.45, 2.75) is 44.5 Å². The molecule has 1 N–H and O–H groups in total. The van der Waals surface area contributed by atoms with E-state index in [4.69, 9.17) is 4.74 Å². The number of rotatable bonds is 4. The SMILES string of the molecule is CC(C)C(Br)C(=O)NC(C)C1CCOCC1. The lowest BCUT2D eigenvalue weighted by Gasteiger charge is -2.29. The number of hydrogen-bond acceptors (Lipinski definition) is 2. The van der Waals surface area contributed by atoms with Crippen LogP contribution < -0.4 is 5.32 Å². The fourth-order valence-electron chi connectivity index (χ4n) is 1.94. The molecule has 0 aliphatic carbocycles. The highest BCUT2D eigenvalue weighted by Gasteiger charge is 2.25. The highest BCUT2D eigenvalue weighted by atomic mass is 79.9. The van der Waals surface area contributed by atoms with Crippen LogP contribution in [0.2, 0.25) is 0 Å². The van der Waals surface area contributed by atoms with Gasteiger partial charge in [0, 0.05) is 19.3 Å². The number of carbonyl (C=O) groups is 1. The Morgan fingerprint density at radius 1 is 1.31 bits per heavy atom. The van der Waals surface area contributed by atoms with Crippen LogP contribution in [-0.2, 0) is 9.53 Å². The van der Waals surface area contributed by atoms with Crippen molar-refractivity contribution in [3.8, 4) is 0 Å². The monoisotopic (exact) mass is 291 g/mol. The summed E-state index contributed by atoms with van der Waals surface area (Å²) in [6.45, 7) is 7.82. The Labute approximate surface area is 106 Å². The second-order valence-electron chi connectivity index (χ2n) is 4.89. The van der Waals surface area contributed by atoms with E-state index in [0.29, 0.717) is 11.8 Å². The molecular weight excluding hydrogens is 270 g/mol. The van der Waals surface area contributed by atoms with Crippen LogP contribution in [0.25, 0.3) is 0 Å². The molecule has 1 fully saturated rings. The number of carbonyl (C=O) groups excluding carboxylic acids is 1. The van der Waals surface area contributed by atoms with Crippen molar-refractivity contribution in [3.63, 3.8) is 0 Å². The first-order valence-corrected chi connectivity index (χ1v) is 6.96. The molecule has 0 spiro atoms. The zero-order valence-electron chi connectivity index (χ0n) is 10.3. The Balaban J connectivity index is 2.37. The smallest absolute Gasteiger partial charge is 0.234 e. The fraction of sp³-hybridized carbons (Fsp3) is 0.917. The molecule has 1 heterocycles. The van der Waals surface area contributed by atoms with E-state index in [2.05, 4.69) is 28.2 Å². The molecule has 16 heavy (non-hydrogen) atoms. The summed E-state index contributed by atoms with van der Waals surface area (Å²) in [5.41, 5.74) is 0. The molecule has 0 aromatic heterocycles. The van der Waals surface area contributed by atoms with Gasteiger partial charge < -0.3 is 10.1 Å². The molecule has 0 saturated carbocycles. The Morgan fingerprint density at radius 2 is 1.88 bits per heavy atom. The molecule has 2 atom stereocenters. The van der Waals surface area contributed by atoms with Crippen LogP contribution in [0.1, 0.15) is 33.6 Å². The molecule has 1 amide bonds. The highest BCUT2D eigenvalue weighted by molar-refractivity contribution is 9.10. The second kappa shape index (κ2) is 6.60.